The lowest BCUT2D eigenvalue weighted by Crippen LogP contribution is -2.60. The number of halogens is 1. The number of hydrogen-bond donors (Lipinski definition) is 1. The first-order valence-corrected chi connectivity index (χ1v) is 6.31. The molecule has 0 spiro atoms. The number of rotatable bonds is 3. The molecule has 104 valence electrons. The zero-order valence-electron chi connectivity index (χ0n) is 11.5. The maximum absolute atomic E-state index is 14.1. The summed E-state index contributed by atoms with van der Waals surface area (Å²) in [6.07, 6.45) is 0. The summed E-state index contributed by atoms with van der Waals surface area (Å²) >= 11 is 0. The van der Waals surface area contributed by atoms with Crippen molar-refractivity contribution in [3.63, 3.8) is 0 Å². The maximum atomic E-state index is 14.1. The van der Waals surface area contributed by atoms with Crippen LogP contribution in [-0.4, -0.2) is 36.5 Å². The highest BCUT2D eigenvalue weighted by molar-refractivity contribution is 5.86. The molecular weight excluding hydrogens is 247 g/mol. The maximum Gasteiger partial charge on any atom is 0.242 e. The molecule has 0 radical (unpaired) electrons. The Morgan fingerprint density at radius 1 is 1.47 bits per heavy atom. The molecule has 1 amide bonds. The van der Waals surface area contributed by atoms with Gasteiger partial charge in [0, 0.05) is 25.2 Å². The minimum Gasteiger partial charge on any atom is -0.494 e. The second-order valence-corrected chi connectivity index (χ2v) is 5.21. The Hall–Kier alpha value is -1.62. The summed E-state index contributed by atoms with van der Waals surface area (Å²) in [6, 6.07) is 4.98. The van der Waals surface area contributed by atoms with Crippen molar-refractivity contribution in [2.45, 2.75) is 25.9 Å². The minimum absolute atomic E-state index is 0.0130. The quantitative estimate of drug-likeness (QED) is 0.902. The Balaban J connectivity index is 2.19. The molecule has 1 aliphatic rings. The summed E-state index contributed by atoms with van der Waals surface area (Å²) < 4.78 is 19.0. The number of methoxy groups -OCH3 is 1. The SMILES string of the molecule is COc1cccc(CN2CCNC(C)(C)C2=O)c1F. The van der Waals surface area contributed by atoms with Crippen LogP contribution in [0, 0.1) is 5.82 Å². The lowest BCUT2D eigenvalue weighted by molar-refractivity contribution is -0.140. The molecule has 1 N–H and O–H groups in total. The Labute approximate surface area is 112 Å². The van der Waals surface area contributed by atoms with Crippen molar-refractivity contribution in [3.8, 4) is 5.75 Å². The van der Waals surface area contributed by atoms with Crippen LogP contribution in [0.25, 0.3) is 0 Å². The first-order chi connectivity index (χ1) is 8.95. The zero-order valence-corrected chi connectivity index (χ0v) is 11.5. The van der Waals surface area contributed by atoms with E-state index in [0.717, 1.165) is 0 Å². The van der Waals surface area contributed by atoms with Crippen LogP contribution in [0.2, 0.25) is 0 Å². The molecule has 0 aliphatic carbocycles. The molecule has 2 rings (SSSR count). The summed E-state index contributed by atoms with van der Waals surface area (Å²) in [5.41, 5.74) is -0.112. The third kappa shape index (κ3) is 2.71. The van der Waals surface area contributed by atoms with Gasteiger partial charge in [-0.3, -0.25) is 4.79 Å². The lowest BCUT2D eigenvalue weighted by atomic mass is 10.00. The molecule has 1 heterocycles. The van der Waals surface area contributed by atoms with Gasteiger partial charge in [-0.25, -0.2) is 4.39 Å². The highest BCUT2D eigenvalue weighted by Gasteiger charge is 2.35. The van der Waals surface area contributed by atoms with E-state index in [2.05, 4.69) is 5.32 Å². The lowest BCUT2D eigenvalue weighted by Gasteiger charge is -2.38. The average molecular weight is 266 g/mol. The molecule has 0 saturated carbocycles. The van der Waals surface area contributed by atoms with Gasteiger partial charge in [0.2, 0.25) is 5.91 Å². The van der Waals surface area contributed by atoms with Gasteiger partial charge in [0.15, 0.2) is 11.6 Å². The van der Waals surface area contributed by atoms with E-state index in [0.29, 0.717) is 18.7 Å². The van der Waals surface area contributed by atoms with Crippen LogP contribution in [0.15, 0.2) is 18.2 Å². The van der Waals surface area contributed by atoms with Crippen LogP contribution in [0.1, 0.15) is 19.4 Å². The van der Waals surface area contributed by atoms with Gasteiger partial charge in [0.05, 0.1) is 12.6 Å². The van der Waals surface area contributed by atoms with Gasteiger partial charge in [-0.05, 0) is 19.9 Å². The molecule has 1 saturated heterocycles. The van der Waals surface area contributed by atoms with Crippen molar-refractivity contribution in [3.05, 3.63) is 29.6 Å². The van der Waals surface area contributed by atoms with Gasteiger partial charge in [0.25, 0.3) is 0 Å². The van der Waals surface area contributed by atoms with Gasteiger partial charge in [-0.15, -0.1) is 0 Å². The fourth-order valence-electron chi connectivity index (χ4n) is 2.27. The fourth-order valence-corrected chi connectivity index (χ4v) is 2.27. The van der Waals surface area contributed by atoms with E-state index in [-0.39, 0.29) is 18.2 Å². The summed E-state index contributed by atoms with van der Waals surface area (Å²) in [5, 5.41) is 3.15. The molecule has 0 unspecified atom stereocenters. The van der Waals surface area contributed by atoms with E-state index < -0.39 is 11.4 Å². The zero-order chi connectivity index (χ0) is 14.0. The Bertz CT molecular complexity index is 488. The van der Waals surface area contributed by atoms with E-state index >= 15 is 0 Å². The predicted molar refractivity (Wildman–Crippen MR) is 70.5 cm³/mol. The number of carbonyl (C=O) groups is 1. The number of carbonyl (C=O) groups excluding carboxylic acids is 1. The summed E-state index contributed by atoms with van der Waals surface area (Å²) in [5.74, 6) is -0.200. The van der Waals surface area contributed by atoms with Gasteiger partial charge in [-0.2, -0.15) is 0 Å². The van der Waals surface area contributed by atoms with E-state index in [1.54, 1.807) is 23.1 Å². The monoisotopic (exact) mass is 266 g/mol. The number of benzene rings is 1. The van der Waals surface area contributed by atoms with Crippen LogP contribution in [0.5, 0.6) is 5.75 Å². The van der Waals surface area contributed by atoms with E-state index in [4.69, 9.17) is 4.74 Å². The average Bonchev–Trinajstić information content (AvgIpc) is 2.37. The third-order valence-electron chi connectivity index (χ3n) is 3.39. The van der Waals surface area contributed by atoms with Crippen molar-refractivity contribution < 1.29 is 13.9 Å². The molecule has 5 heteroatoms. The van der Waals surface area contributed by atoms with E-state index in [9.17, 15) is 9.18 Å². The largest absolute Gasteiger partial charge is 0.494 e. The van der Waals surface area contributed by atoms with Crippen LogP contribution < -0.4 is 10.1 Å². The van der Waals surface area contributed by atoms with Gasteiger partial charge < -0.3 is 15.0 Å². The number of amides is 1. The highest BCUT2D eigenvalue weighted by Crippen LogP contribution is 2.23. The van der Waals surface area contributed by atoms with E-state index in [1.807, 2.05) is 13.8 Å². The number of piperazine rings is 1. The topological polar surface area (TPSA) is 41.6 Å². The van der Waals surface area contributed by atoms with Crippen molar-refractivity contribution in [1.29, 1.82) is 0 Å². The van der Waals surface area contributed by atoms with Crippen molar-refractivity contribution in [2.75, 3.05) is 20.2 Å². The molecule has 0 aromatic heterocycles. The molecule has 0 atom stereocenters. The summed E-state index contributed by atoms with van der Waals surface area (Å²) in [4.78, 5) is 13.9. The van der Waals surface area contributed by atoms with Crippen LogP contribution in [0.4, 0.5) is 4.39 Å². The number of nitrogens with zero attached hydrogens (tertiary/aromatic N) is 1. The predicted octanol–water partition coefficient (Wildman–Crippen LogP) is 1.54. The van der Waals surface area contributed by atoms with Crippen molar-refractivity contribution in [1.82, 2.24) is 10.2 Å². The van der Waals surface area contributed by atoms with E-state index in [1.165, 1.54) is 7.11 Å². The molecule has 4 nitrogen and oxygen atoms in total. The Morgan fingerprint density at radius 2 is 2.21 bits per heavy atom. The van der Waals surface area contributed by atoms with Crippen molar-refractivity contribution in [2.24, 2.45) is 0 Å². The molecule has 1 aromatic carbocycles. The van der Waals surface area contributed by atoms with Crippen LogP contribution in [0.3, 0.4) is 0 Å². The number of nitrogens with one attached hydrogen (secondary N) is 1. The Kier molecular flexibility index (Phi) is 3.75. The highest BCUT2D eigenvalue weighted by atomic mass is 19.1. The second-order valence-electron chi connectivity index (χ2n) is 5.21. The standard InChI is InChI=1S/C14H19FN2O2/c1-14(2)13(18)17(8-7-16-14)9-10-5-4-6-11(19-3)12(10)15/h4-6,16H,7-9H2,1-3H3. The second kappa shape index (κ2) is 5.17. The van der Waals surface area contributed by atoms with Gasteiger partial charge >= 0.3 is 0 Å². The van der Waals surface area contributed by atoms with Gasteiger partial charge in [-0.1, -0.05) is 12.1 Å². The molecule has 0 bridgehead atoms. The summed E-state index contributed by atoms with van der Waals surface area (Å²) in [7, 11) is 1.43. The van der Waals surface area contributed by atoms with Crippen LogP contribution in [-0.2, 0) is 11.3 Å². The van der Waals surface area contributed by atoms with Crippen LogP contribution >= 0.6 is 0 Å². The molecule has 1 aromatic rings. The molecule has 1 aliphatic heterocycles. The molecule has 1 fully saturated rings. The van der Waals surface area contributed by atoms with Gasteiger partial charge in [0.1, 0.15) is 0 Å². The fraction of sp³-hybridized carbons (Fsp3) is 0.500. The third-order valence-corrected chi connectivity index (χ3v) is 3.39. The Morgan fingerprint density at radius 3 is 2.89 bits per heavy atom. The number of ether oxygens (including phenoxy) is 1. The summed E-state index contributed by atoms with van der Waals surface area (Å²) in [6.45, 7) is 5.24. The molecular formula is C14H19FN2O2. The molecule has 19 heavy (non-hydrogen) atoms. The first-order valence-electron chi connectivity index (χ1n) is 6.31. The normalized spacial score (nSPS) is 18.5. The first kappa shape index (κ1) is 13.8. The van der Waals surface area contributed by atoms with Crippen molar-refractivity contribution >= 4 is 5.91 Å². The number of hydrogen-bond acceptors (Lipinski definition) is 3. The smallest absolute Gasteiger partial charge is 0.242 e. The minimum atomic E-state index is -0.590.